The highest BCUT2D eigenvalue weighted by Gasteiger charge is 2.36. The average Bonchev–Trinajstić information content (AvgIpc) is 2.77. The van der Waals surface area contributed by atoms with Gasteiger partial charge in [-0.15, -0.1) is 0 Å². The smallest absolute Gasteiger partial charge is 0.398 e. The van der Waals surface area contributed by atoms with Crippen LogP contribution in [-0.4, -0.2) is 27.6 Å². The second-order valence-corrected chi connectivity index (χ2v) is 7.77. The number of anilines is 1. The van der Waals surface area contributed by atoms with E-state index in [4.69, 9.17) is 16.4 Å². The van der Waals surface area contributed by atoms with Crippen LogP contribution in [0.15, 0.2) is 36.9 Å². The molecule has 4 rings (SSSR count). The van der Waals surface area contributed by atoms with Crippen molar-refractivity contribution in [2.45, 2.75) is 31.5 Å². The van der Waals surface area contributed by atoms with Crippen molar-refractivity contribution in [3.63, 3.8) is 0 Å². The summed E-state index contributed by atoms with van der Waals surface area (Å²) in [4.78, 5) is 4.43. The van der Waals surface area contributed by atoms with Gasteiger partial charge in [-0.05, 0) is 35.6 Å². The van der Waals surface area contributed by atoms with E-state index in [1.54, 1.807) is 24.3 Å². The summed E-state index contributed by atoms with van der Waals surface area (Å²) < 4.78 is 41.7. The molecule has 3 aromatic rings. The Hall–Kier alpha value is -3.43. The van der Waals surface area contributed by atoms with Gasteiger partial charge in [0.25, 0.3) is 0 Å². The molecule has 0 bridgehead atoms. The summed E-state index contributed by atoms with van der Waals surface area (Å²) in [5.74, 6) is 0. The van der Waals surface area contributed by atoms with Gasteiger partial charge in [-0.1, -0.05) is 30.8 Å². The van der Waals surface area contributed by atoms with Gasteiger partial charge in [0.05, 0.1) is 28.6 Å². The lowest BCUT2D eigenvalue weighted by Crippen LogP contribution is -2.22. The van der Waals surface area contributed by atoms with Crippen molar-refractivity contribution < 1.29 is 23.5 Å². The van der Waals surface area contributed by atoms with Gasteiger partial charge >= 0.3 is 6.18 Å². The third kappa shape index (κ3) is 3.59. The van der Waals surface area contributed by atoms with Crippen LogP contribution < -0.4 is 11.2 Å². The fourth-order valence-corrected chi connectivity index (χ4v) is 4.25. The third-order valence-corrected chi connectivity index (χ3v) is 5.81. The van der Waals surface area contributed by atoms with Crippen molar-refractivity contribution in [1.82, 2.24) is 10.5 Å². The lowest BCUT2D eigenvalue weighted by Gasteiger charge is -2.27. The molecule has 0 spiro atoms. The Morgan fingerprint density at radius 1 is 1.25 bits per heavy atom. The molecule has 0 aliphatic heterocycles. The lowest BCUT2D eigenvalue weighted by atomic mass is 9.83. The molecule has 1 aliphatic carbocycles. The SMILES string of the molecule is C=C(NO)c1ccc(-c2nc3c(C(F)(F)F)cc(N)c(C=N)c3c3c2CC(O)CC3)cc1. The molecule has 0 saturated carbocycles. The Morgan fingerprint density at radius 3 is 2.53 bits per heavy atom. The van der Waals surface area contributed by atoms with Gasteiger partial charge in [-0.2, -0.15) is 13.2 Å². The summed E-state index contributed by atoms with van der Waals surface area (Å²) >= 11 is 0. The molecule has 1 aliphatic rings. The molecule has 0 amide bonds. The first-order valence-corrected chi connectivity index (χ1v) is 9.89. The van der Waals surface area contributed by atoms with Crippen LogP contribution in [0.3, 0.4) is 0 Å². The van der Waals surface area contributed by atoms with Gasteiger partial charge in [0.1, 0.15) is 0 Å². The number of nitrogens with two attached hydrogens (primary N) is 1. The molecule has 1 aromatic heterocycles. The fourth-order valence-electron chi connectivity index (χ4n) is 4.25. The maximum absolute atomic E-state index is 13.9. The maximum Gasteiger partial charge on any atom is 0.418 e. The number of hydroxylamine groups is 1. The second kappa shape index (κ2) is 7.92. The van der Waals surface area contributed by atoms with Gasteiger partial charge in [-0.3, -0.25) is 10.7 Å². The Balaban J connectivity index is 2.08. The number of nitrogens with zero attached hydrogens (tertiary/aromatic N) is 1. The van der Waals surface area contributed by atoms with E-state index in [9.17, 15) is 18.3 Å². The van der Waals surface area contributed by atoms with Crippen LogP contribution in [0.1, 0.15) is 34.2 Å². The lowest BCUT2D eigenvalue weighted by molar-refractivity contribution is -0.136. The Labute approximate surface area is 181 Å². The van der Waals surface area contributed by atoms with Crippen molar-refractivity contribution in [2.24, 2.45) is 0 Å². The van der Waals surface area contributed by atoms with Gasteiger partial charge in [-0.25, -0.2) is 4.98 Å². The quantitative estimate of drug-likeness (QED) is 0.235. The van der Waals surface area contributed by atoms with E-state index in [1.165, 1.54) is 0 Å². The van der Waals surface area contributed by atoms with E-state index in [-0.39, 0.29) is 34.3 Å². The largest absolute Gasteiger partial charge is 0.418 e. The zero-order valence-electron chi connectivity index (χ0n) is 16.9. The van der Waals surface area contributed by atoms with E-state index in [0.29, 0.717) is 40.8 Å². The number of halogens is 3. The molecule has 9 heteroatoms. The number of hydrogen-bond acceptors (Lipinski definition) is 6. The van der Waals surface area contributed by atoms with E-state index in [2.05, 4.69) is 11.6 Å². The van der Waals surface area contributed by atoms with Gasteiger partial charge in [0, 0.05) is 34.8 Å². The standard InChI is InChI=1S/C23H21F3N4O2/c1-11(30-32)12-2-4-13(5-3-12)21-16-8-14(31)6-7-15(16)20-17(10-27)19(28)9-18(22(20)29-21)23(24,25)26/h2-5,9-10,14,27,30-32H,1,6-8,28H2. The van der Waals surface area contributed by atoms with Crippen LogP contribution in [0.4, 0.5) is 18.9 Å². The number of aryl methyl sites for hydroxylation is 1. The molecule has 0 saturated heterocycles. The summed E-state index contributed by atoms with van der Waals surface area (Å²) in [5.41, 5.74) is 9.73. The van der Waals surface area contributed by atoms with Crippen molar-refractivity contribution in [1.29, 1.82) is 5.41 Å². The molecule has 1 atom stereocenters. The number of nitrogen functional groups attached to an aromatic ring is 1. The Bertz CT molecular complexity index is 1240. The molecule has 0 fully saturated rings. The Kier molecular flexibility index (Phi) is 5.39. The second-order valence-electron chi connectivity index (χ2n) is 7.77. The summed E-state index contributed by atoms with van der Waals surface area (Å²) in [7, 11) is 0. The highest BCUT2D eigenvalue weighted by Crippen LogP contribution is 2.43. The molecule has 2 aromatic carbocycles. The fraction of sp³-hybridized carbons (Fsp3) is 0.217. The minimum absolute atomic E-state index is 0.137. The molecular weight excluding hydrogens is 421 g/mol. The van der Waals surface area contributed by atoms with Gasteiger partial charge in [0.2, 0.25) is 0 Å². The third-order valence-electron chi connectivity index (χ3n) is 5.81. The van der Waals surface area contributed by atoms with Crippen LogP contribution in [0, 0.1) is 5.41 Å². The van der Waals surface area contributed by atoms with Crippen LogP contribution in [0.25, 0.3) is 27.9 Å². The van der Waals surface area contributed by atoms with Crippen LogP contribution in [-0.2, 0) is 19.0 Å². The normalized spacial score (nSPS) is 16.0. The molecule has 6 N–H and O–H groups in total. The molecule has 6 nitrogen and oxygen atoms in total. The molecular formula is C23H21F3N4O2. The summed E-state index contributed by atoms with van der Waals surface area (Å²) in [6.45, 7) is 3.67. The number of nitrogens with one attached hydrogen (secondary N) is 2. The number of benzene rings is 2. The predicted octanol–water partition coefficient (Wildman–Crippen LogP) is 4.30. The van der Waals surface area contributed by atoms with E-state index >= 15 is 0 Å². The average molecular weight is 442 g/mol. The van der Waals surface area contributed by atoms with Crippen LogP contribution in [0.2, 0.25) is 0 Å². The molecule has 166 valence electrons. The number of hydrogen-bond donors (Lipinski definition) is 5. The number of aromatic nitrogens is 1. The summed E-state index contributed by atoms with van der Waals surface area (Å²) in [6.07, 6.45) is -3.42. The molecule has 1 unspecified atom stereocenters. The number of alkyl halides is 3. The highest BCUT2D eigenvalue weighted by atomic mass is 19.4. The van der Waals surface area contributed by atoms with E-state index in [1.807, 2.05) is 5.48 Å². The zero-order valence-corrected chi connectivity index (χ0v) is 16.9. The van der Waals surface area contributed by atoms with Crippen molar-refractivity contribution >= 4 is 28.5 Å². The Morgan fingerprint density at radius 2 is 1.94 bits per heavy atom. The van der Waals surface area contributed by atoms with Crippen LogP contribution >= 0.6 is 0 Å². The number of aliphatic hydroxyl groups excluding tert-OH is 1. The van der Waals surface area contributed by atoms with Gasteiger partial charge in [0.15, 0.2) is 0 Å². The number of aliphatic hydroxyl groups is 1. The van der Waals surface area contributed by atoms with E-state index < -0.39 is 17.8 Å². The minimum atomic E-state index is -4.69. The van der Waals surface area contributed by atoms with Crippen LogP contribution in [0.5, 0.6) is 0 Å². The van der Waals surface area contributed by atoms with Crippen molar-refractivity contribution in [2.75, 3.05) is 5.73 Å². The molecule has 0 radical (unpaired) electrons. The summed E-state index contributed by atoms with van der Waals surface area (Å²) in [5, 5.41) is 27.3. The topological polar surface area (TPSA) is 115 Å². The monoisotopic (exact) mass is 442 g/mol. The number of pyridine rings is 1. The van der Waals surface area contributed by atoms with E-state index in [0.717, 1.165) is 12.3 Å². The first kappa shape index (κ1) is 21.8. The van der Waals surface area contributed by atoms with Crippen molar-refractivity contribution in [3.8, 4) is 11.3 Å². The maximum atomic E-state index is 13.9. The number of rotatable bonds is 4. The van der Waals surface area contributed by atoms with Gasteiger partial charge < -0.3 is 16.2 Å². The van der Waals surface area contributed by atoms with Crippen molar-refractivity contribution in [3.05, 3.63) is 64.7 Å². The predicted molar refractivity (Wildman–Crippen MR) is 116 cm³/mol. The molecule has 1 heterocycles. The number of fused-ring (bicyclic) bond motifs is 3. The highest BCUT2D eigenvalue weighted by molar-refractivity contribution is 6.07. The zero-order chi connectivity index (χ0) is 23.2. The first-order valence-electron chi connectivity index (χ1n) is 9.89. The summed E-state index contributed by atoms with van der Waals surface area (Å²) in [6, 6.07) is 7.50. The molecule has 32 heavy (non-hydrogen) atoms. The minimum Gasteiger partial charge on any atom is -0.398 e. The first-order chi connectivity index (χ1) is 15.2.